The van der Waals surface area contributed by atoms with Crippen LogP contribution in [-0.4, -0.2) is 140 Å². The number of hydrogen-bond acceptors (Lipinski definition) is 13. The zero-order valence-electron chi connectivity index (χ0n) is 48.6. The van der Waals surface area contributed by atoms with E-state index >= 15 is 0 Å². The zero-order chi connectivity index (χ0) is 57.4. The van der Waals surface area contributed by atoms with Crippen molar-refractivity contribution in [1.29, 1.82) is 0 Å². The van der Waals surface area contributed by atoms with Gasteiger partial charge in [0, 0.05) is 6.42 Å². The monoisotopic (exact) mass is 1110 g/mol. The molecule has 2 fully saturated rings. The van der Waals surface area contributed by atoms with Gasteiger partial charge in [0.1, 0.15) is 48.8 Å². The normalized spacial score (nSPS) is 25.2. The largest absolute Gasteiger partial charge is 0.394 e. The molecule has 2 aliphatic rings. The van der Waals surface area contributed by atoms with E-state index < -0.39 is 86.8 Å². The standard InChI is InChI=1S/C65H109NO13/c1-3-5-7-9-10-11-12-13-14-15-16-17-18-19-20-21-22-23-24-25-26-27-28-29-30-31-32-33-34-35-36-37-38-39-40-41-42-43-44-45-47-49-57(70)66-53(54(69)48-46-8-6-4-2)52-76-64-62(75)60(73)63(56(51-68)78-64)79-65-61(74)59(72)58(71)55(50-67)77-65/h5,7,10-11,13-14,16-17,19-20,22-23,25-26,28-29,31-32,53-56,58-65,67-69,71-75H,3-4,6,8-9,12,15,18,21,24,27,30,33-52H2,1-2H3,(H,66,70)/b7-5-,11-10-,14-13-,17-16-,20-19-,23-22-,26-25-,29-28-,32-31-. The molecule has 2 saturated heterocycles. The number of aliphatic hydroxyl groups excluding tert-OH is 8. The van der Waals surface area contributed by atoms with E-state index in [0.29, 0.717) is 19.3 Å². The van der Waals surface area contributed by atoms with Crippen LogP contribution in [0.15, 0.2) is 109 Å². The van der Waals surface area contributed by atoms with Crippen LogP contribution in [0.25, 0.3) is 0 Å². The smallest absolute Gasteiger partial charge is 0.220 e. The molecule has 452 valence electrons. The average Bonchev–Trinajstić information content (AvgIpc) is 3.45. The Hall–Kier alpha value is -3.35. The number of carbonyl (C=O) groups is 1. The first-order chi connectivity index (χ1) is 38.6. The lowest BCUT2D eigenvalue weighted by atomic mass is 9.97. The minimum atomic E-state index is -1.78. The fourth-order valence-corrected chi connectivity index (χ4v) is 9.35. The second-order valence-corrected chi connectivity index (χ2v) is 21.1. The van der Waals surface area contributed by atoms with Crippen LogP contribution in [0.2, 0.25) is 0 Å². The summed E-state index contributed by atoms with van der Waals surface area (Å²) < 4.78 is 22.6. The fourth-order valence-electron chi connectivity index (χ4n) is 9.35. The molecule has 12 unspecified atom stereocenters. The topological polar surface area (TPSA) is 228 Å². The molecule has 1 amide bonds. The van der Waals surface area contributed by atoms with E-state index in [0.717, 1.165) is 109 Å². The van der Waals surface area contributed by atoms with Gasteiger partial charge in [-0.25, -0.2) is 0 Å². The molecule has 0 aromatic carbocycles. The molecule has 0 aliphatic carbocycles. The maximum Gasteiger partial charge on any atom is 0.220 e. The summed E-state index contributed by atoms with van der Waals surface area (Å²) in [5.41, 5.74) is 0. The summed E-state index contributed by atoms with van der Waals surface area (Å²) in [7, 11) is 0. The third kappa shape index (κ3) is 34.6. The highest BCUT2D eigenvalue weighted by atomic mass is 16.7. The Kier molecular flexibility index (Phi) is 44.8. The minimum absolute atomic E-state index is 0.222. The first-order valence-corrected chi connectivity index (χ1v) is 30.6. The Morgan fingerprint density at radius 1 is 0.468 bits per heavy atom. The van der Waals surface area contributed by atoms with Crippen molar-refractivity contribution in [2.75, 3.05) is 19.8 Å². The lowest BCUT2D eigenvalue weighted by molar-refractivity contribution is -0.359. The van der Waals surface area contributed by atoms with Gasteiger partial charge in [-0.2, -0.15) is 0 Å². The molecule has 2 heterocycles. The van der Waals surface area contributed by atoms with E-state index in [4.69, 9.17) is 18.9 Å². The van der Waals surface area contributed by atoms with Gasteiger partial charge in [0.2, 0.25) is 5.91 Å². The molecule has 0 radical (unpaired) electrons. The summed E-state index contributed by atoms with van der Waals surface area (Å²) in [4.78, 5) is 13.1. The van der Waals surface area contributed by atoms with Gasteiger partial charge in [-0.1, -0.05) is 220 Å². The summed E-state index contributed by atoms with van der Waals surface area (Å²) >= 11 is 0. The molecule has 14 nitrogen and oxygen atoms in total. The van der Waals surface area contributed by atoms with Crippen LogP contribution < -0.4 is 5.32 Å². The summed E-state index contributed by atoms with van der Waals surface area (Å²) in [6, 6.07) is -0.830. The highest BCUT2D eigenvalue weighted by molar-refractivity contribution is 5.76. The van der Waals surface area contributed by atoms with Crippen LogP contribution in [0, 0.1) is 0 Å². The maximum atomic E-state index is 13.1. The molecule has 79 heavy (non-hydrogen) atoms. The Bertz CT molecular complexity index is 1740. The van der Waals surface area contributed by atoms with Gasteiger partial charge < -0.3 is 65.1 Å². The molecule has 12 atom stereocenters. The van der Waals surface area contributed by atoms with E-state index in [1.54, 1.807) is 0 Å². The van der Waals surface area contributed by atoms with Gasteiger partial charge in [0.25, 0.3) is 0 Å². The van der Waals surface area contributed by atoms with Crippen molar-refractivity contribution >= 4 is 5.91 Å². The number of hydrogen-bond donors (Lipinski definition) is 9. The molecule has 9 N–H and O–H groups in total. The molecule has 0 spiro atoms. The van der Waals surface area contributed by atoms with Crippen LogP contribution in [-0.2, 0) is 23.7 Å². The van der Waals surface area contributed by atoms with Crippen molar-refractivity contribution in [1.82, 2.24) is 5.32 Å². The molecule has 0 bridgehead atoms. The van der Waals surface area contributed by atoms with E-state index in [1.165, 1.54) is 57.8 Å². The molecular weight excluding hydrogens is 1000 g/mol. The third-order valence-electron chi connectivity index (χ3n) is 14.3. The fraction of sp³-hybridized carbons (Fsp3) is 0.708. The Labute approximate surface area is 476 Å². The minimum Gasteiger partial charge on any atom is -0.394 e. The third-order valence-corrected chi connectivity index (χ3v) is 14.3. The molecule has 2 rings (SSSR count). The Balaban J connectivity index is 1.49. The number of unbranched alkanes of at least 4 members (excludes halogenated alkanes) is 16. The van der Waals surface area contributed by atoms with Gasteiger partial charge in [0.05, 0.1) is 32.0 Å². The van der Waals surface area contributed by atoms with Crippen molar-refractivity contribution in [3.8, 4) is 0 Å². The van der Waals surface area contributed by atoms with Crippen molar-refractivity contribution in [2.45, 2.75) is 274 Å². The van der Waals surface area contributed by atoms with Gasteiger partial charge in [-0.05, 0) is 83.5 Å². The van der Waals surface area contributed by atoms with Crippen molar-refractivity contribution in [3.63, 3.8) is 0 Å². The second kappa shape index (κ2) is 49.3. The van der Waals surface area contributed by atoms with Crippen LogP contribution in [0.3, 0.4) is 0 Å². The number of rotatable bonds is 47. The molecule has 0 aromatic rings. The van der Waals surface area contributed by atoms with Crippen molar-refractivity contribution in [2.24, 2.45) is 0 Å². The predicted molar refractivity (Wildman–Crippen MR) is 318 cm³/mol. The van der Waals surface area contributed by atoms with Gasteiger partial charge in [0.15, 0.2) is 12.6 Å². The van der Waals surface area contributed by atoms with E-state index in [-0.39, 0.29) is 12.5 Å². The number of ether oxygens (including phenoxy) is 4. The number of nitrogens with one attached hydrogen (secondary N) is 1. The van der Waals surface area contributed by atoms with Crippen molar-refractivity contribution in [3.05, 3.63) is 109 Å². The first-order valence-electron chi connectivity index (χ1n) is 30.6. The molecule has 14 heteroatoms. The van der Waals surface area contributed by atoms with Crippen LogP contribution >= 0.6 is 0 Å². The van der Waals surface area contributed by atoms with Crippen LogP contribution in [0.1, 0.15) is 200 Å². The maximum absolute atomic E-state index is 13.1. The van der Waals surface area contributed by atoms with Gasteiger partial charge in [-0.15, -0.1) is 0 Å². The highest BCUT2D eigenvalue weighted by Crippen LogP contribution is 2.30. The van der Waals surface area contributed by atoms with Crippen LogP contribution in [0.4, 0.5) is 0 Å². The van der Waals surface area contributed by atoms with E-state index in [1.807, 2.05) is 0 Å². The number of aliphatic hydroxyl groups is 8. The van der Waals surface area contributed by atoms with Gasteiger partial charge in [-0.3, -0.25) is 4.79 Å². The average molecular weight is 1110 g/mol. The van der Waals surface area contributed by atoms with Crippen molar-refractivity contribution < 1.29 is 64.6 Å². The van der Waals surface area contributed by atoms with Crippen LogP contribution in [0.5, 0.6) is 0 Å². The lowest BCUT2D eigenvalue weighted by Crippen LogP contribution is -2.65. The zero-order valence-corrected chi connectivity index (χ0v) is 48.6. The quantitative estimate of drug-likeness (QED) is 0.0204. The van der Waals surface area contributed by atoms with Gasteiger partial charge >= 0.3 is 0 Å². The number of allylic oxidation sites excluding steroid dienone is 18. The van der Waals surface area contributed by atoms with E-state index in [2.05, 4.69) is 129 Å². The number of amides is 1. The Morgan fingerprint density at radius 3 is 1.33 bits per heavy atom. The lowest BCUT2D eigenvalue weighted by Gasteiger charge is -2.46. The first kappa shape index (κ1) is 71.8. The summed E-state index contributed by atoms with van der Waals surface area (Å²) in [6.07, 6.45) is 53.5. The predicted octanol–water partition coefficient (Wildman–Crippen LogP) is 10.8. The molecule has 0 saturated carbocycles. The summed E-state index contributed by atoms with van der Waals surface area (Å²) in [5.74, 6) is -0.222. The summed E-state index contributed by atoms with van der Waals surface area (Å²) in [6.45, 7) is 2.59. The van der Waals surface area contributed by atoms with E-state index in [9.17, 15) is 45.6 Å². The highest BCUT2D eigenvalue weighted by Gasteiger charge is 2.51. The Morgan fingerprint density at radius 2 is 0.873 bits per heavy atom. The number of carbonyl (C=O) groups excluding carboxylic acids is 1. The molecule has 0 aromatic heterocycles. The molecule has 2 aliphatic heterocycles. The SMILES string of the molecule is CC/C=C\C/C=C\C/C=C\C/C=C\C/C=C\C/C=C\C/C=C\C/C=C\C/C=C\CCCCCCCCCCCCCCCC(=O)NC(COC1OC(CO)C(OC2OC(CO)C(O)C(O)C2O)C(O)C1O)C(O)CCCCCC. The summed E-state index contributed by atoms with van der Waals surface area (Å²) in [5, 5.41) is 86.4. The molecular formula is C65H109NO13. The second-order valence-electron chi connectivity index (χ2n) is 21.1.